The number of aromatic nitrogens is 3. The number of imidazole rings is 1. The van der Waals surface area contributed by atoms with E-state index in [-0.39, 0.29) is 12.6 Å². The van der Waals surface area contributed by atoms with Crippen molar-refractivity contribution in [3.05, 3.63) is 99.6 Å². The van der Waals surface area contributed by atoms with Crippen LogP contribution >= 0.6 is 11.6 Å². The van der Waals surface area contributed by atoms with Gasteiger partial charge in [-0.15, -0.1) is 0 Å². The number of methoxy groups -OCH3 is 1. The van der Waals surface area contributed by atoms with E-state index in [0.29, 0.717) is 49.3 Å². The number of hydrogen-bond acceptors (Lipinski definition) is 8. The van der Waals surface area contributed by atoms with Crippen molar-refractivity contribution in [2.45, 2.75) is 26.1 Å². The van der Waals surface area contributed by atoms with Crippen molar-refractivity contribution in [1.82, 2.24) is 14.5 Å². The highest BCUT2D eigenvalue weighted by Crippen LogP contribution is 2.41. The molecule has 4 heterocycles. The van der Waals surface area contributed by atoms with Gasteiger partial charge in [0.1, 0.15) is 12.8 Å². The van der Waals surface area contributed by atoms with Gasteiger partial charge in [-0.1, -0.05) is 29.8 Å². The molecular formula is C33H31ClN5O6+. The van der Waals surface area contributed by atoms with Gasteiger partial charge in [0, 0.05) is 43.7 Å². The summed E-state index contributed by atoms with van der Waals surface area (Å²) in [5.74, 6) is 2.75. The first-order valence-corrected chi connectivity index (χ1v) is 15.1. The molecule has 0 N–H and O–H groups in total. The number of fused-ring (bicyclic) bond motifs is 5. The normalized spacial score (nSPS) is 13.1. The zero-order valence-corrected chi connectivity index (χ0v) is 25.4. The van der Waals surface area contributed by atoms with Crippen LogP contribution in [0.5, 0.6) is 23.0 Å². The Labute approximate surface area is 264 Å². The molecule has 7 rings (SSSR count). The molecule has 0 unspecified atom stereocenters. The van der Waals surface area contributed by atoms with Crippen molar-refractivity contribution in [3.8, 4) is 34.3 Å². The summed E-state index contributed by atoms with van der Waals surface area (Å²) in [6, 6.07) is 18.1. The minimum absolute atomic E-state index is 0.172. The molecule has 2 aliphatic heterocycles. The Bertz CT molecular complexity index is 1910. The van der Waals surface area contributed by atoms with Crippen molar-refractivity contribution in [2.24, 2.45) is 0 Å². The monoisotopic (exact) mass is 628 g/mol. The third-order valence-electron chi connectivity index (χ3n) is 8.28. The third kappa shape index (κ3) is 5.84. The van der Waals surface area contributed by atoms with Crippen molar-refractivity contribution < 1.29 is 28.4 Å². The van der Waals surface area contributed by atoms with E-state index >= 15 is 0 Å². The topological polar surface area (TPSA) is 105 Å². The van der Waals surface area contributed by atoms with Crippen LogP contribution in [-0.4, -0.2) is 53.0 Å². The smallest absolute Gasteiger partial charge is 0.381 e. The Morgan fingerprint density at radius 3 is 2.78 bits per heavy atom. The van der Waals surface area contributed by atoms with E-state index in [2.05, 4.69) is 44.9 Å². The molecule has 0 amide bonds. The molecule has 5 aromatic rings. The van der Waals surface area contributed by atoms with E-state index in [4.69, 9.17) is 30.5 Å². The number of hydrogen-bond donors (Lipinski definition) is 0. The summed E-state index contributed by atoms with van der Waals surface area (Å²) < 4.78 is 27.5. The molecule has 45 heavy (non-hydrogen) atoms. The highest BCUT2D eigenvalue weighted by molar-refractivity contribution is 6.31. The number of nitro groups is 1. The fourth-order valence-electron chi connectivity index (χ4n) is 5.94. The lowest BCUT2D eigenvalue weighted by molar-refractivity contribution is -0.686. The van der Waals surface area contributed by atoms with Gasteiger partial charge in [0.15, 0.2) is 35.7 Å². The lowest BCUT2D eigenvalue weighted by atomic mass is 9.95. The number of pyridine rings is 1. The maximum Gasteiger partial charge on any atom is 0.381 e. The Morgan fingerprint density at radius 2 is 1.98 bits per heavy atom. The maximum atomic E-state index is 11.1. The number of aryl methyl sites for hydroxylation is 2. The fraction of sp³-hybridized carbons (Fsp3) is 0.273. The van der Waals surface area contributed by atoms with Crippen molar-refractivity contribution in [2.75, 3.05) is 33.6 Å². The van der Waals surface area contributed by atoms with Crippen molar-refractivity contribution in [3.63, 3.8) is 0 Å². The summed E-state index contributed by atoms with van der Waals surface area (Å²) >= 11 is 6.50. The summed E-state index contributed by atoms with van der Waals surface area (Å²) in [5.41, 5.74) is 4.49. The Morgan fingerprint density at radius 1 is 1.13 bits per heavy atom. The van der Waals surface area contributed by atoms with E-state index in [0.717, 1.165) is 52.1 Å². The van der Waals surface area contributed by atoms with Gasteiger partial charge in [-0.3, -0.25) is 4.90 Å². The predicted octanol–water partition coefficient (Wildman–Crippen LogP) is 5.43. The average Bonchev–Trinajstić information content (AvgIpc) is 3.72. The first-order chi connectivity index (χ1) is 22.0. The van der Waals surface area contributed by atoms with Crippen LogP contribution in [0.1, 0.15) is 11.1 Å². The van der Waals surface area contributed by atoms with Crippen LogP contribution in [0.3, 0.4) is 0 Å². The molecule has 0 saturated carbocycles. The molecule has 11 nitrogen and oxygen atoms in total. The first kappa shape index (κ1) is 28.9. The fourth-order valence-corrected chi connectivity index (χ4v) is 6.14. The molecule has 3 aromatic carbocycles. The average molecular weight is 629 g/mol. The second-order valence-electron chi connectivity index (χ2n) is 11.0. The van der Waals surface area contributed by atoms with Crippen molar-refractivity contribution in [1.29, 1.82) is 0 Å². The minimum Gasteiger partial charge on any atom is -0.493 e. The van der Waals surface area contributed by atoms with Crippen molar-refractivity contribution >= 4 is 28.2 Å². The number of halogens is 1. The lowest BCUT2D eigenvalue weighted by Gasteiger charge is -2.23. The minimum atomic E-state index is -0.493. The molecule has 230 valence electrons. The zero-order valence-electron chi connectivity index (χ0n) is 24.6. The van der Waals surface area contributed by atoms with Crippen LogP contribution in [0, 0.1) is 10.1 Å². The highest BCUT2D eigenvalue weighted by atomic mass is 35.5. The van der Waals surface area contributed by atoms with Crippen LogP contribution in [0.25, 0.3) is 22.0 Å². The van der Waals surface area contributed by atoms with Crippen LogP contribution in [-0.2, 0) is 26.1 Å². The third-order valence-corrected chi connectivity index (χ3v) is 8.65. The standard InChI is InChI=1S/C33H31ClN5O6/c1-42-29-7-6-22-14-28-25-16-31-30(44-21-45-31)15-23(25)8-9-38(28)18-26(22)33(29)43-13-12-36(17-24-4-2-3-5-27(24)34)10-11-37-19-32(35-20-37)39(40)41/h2-7,14-16,18-20H,8-13,17,21H2,1H3/q+1. The van der Waals surface area contributed by atoms with E-state index in [9.17, 15) is 10.1 Å². The number of rotatable bonds is 11. The summed E-state index contributed by atoms with van der Waals surface area (Å²) in [5, 5.41) is 13.8. The quantitative estimate of drug-likeness (QED) is 0.108. The van der Waals surface area contributed by atoms with Gasteiger partial charge in [-0.05, 0) is 56.8 Å². The molecule has 0 spiro atoms. The maximum absolute atomic E-state index is 11.1. The van der Waals surface area contributed by atoms with E-state index in [1.165, 1.54) is 18.1 Å². The van der Waals surface area contributed by atoms with Gasteiger partial charge >= 0.3 is 5.82 Å². The number of nitrogens with zero attached hydrogens (tertiary/aromatic N) is 5. The second-order valence-corrected chi connectivity index (χ2v) is 11.4. The largest absolute Gasteiger partial charge is 0.493 e. The van der Waals surface area contributed by atoms with Crippen LogP contribution in [0.2, 0.25) is 5.02 Å². The molecule has 0 aliphatic carbocycles. The van der Waals surface area contributed by atoms with Gasteiger partial charge in [0.2, 0.25) is 18.8 Å². The summed E-state index contributed by atoms with van der Waals surface area (Å²) in [6.07, 6.45) is 5.94. The van der Waals surface area contributed by atoms with E-state index in [1.54, 1.807) is 11.7 Å². The lowest BCUT2D eigenvalue weighted by Crippen LogP contribution is -2.40. The van der Waals surface area contributed by atoms with Gasteiger partial charge in [-0.25, -0.2) is 0 Å². The molecule has 0 saturated heterocycles. The van der Waals surface area contributed by atoms with Crippen LogP contribution in [0.4, 0.5) is 5.82 Å². The van der Waals surface area contributed by atoms with Gasteiger partial charge < -0.3 is 33.6 Å². The molecule has 12 heteroatoms. The molecule has 0 fully saturated rings. The molecule has 0 radical (unpaired) electrons. The summed E-state index contributed by atoms with van der Waals surface area (Å²) in [6.45, 7) is 3.76. The predicted molar refractivity (Wildman–Crippen MR) is 167 cm³/mol. The Balaban J connectivity index is 1.13. The molecule has 0 bridgehead atoms. The summed E-state index contributed by atoms with van der Waals surface area (Å²) in [4.78, 5) is 16.7. The SMILES string of the molecule is COc1ccc2cc3[n+](cc2c1OCCN(CCn1cnc([N+](=O)[O-])c1)Cc1ccccc1Cl)CCc1cc2c(cc1-3)OCO2. The molecule has 0 atom stereocenters. The zero-order chi connectivity index (χ0) is 30.9. The highest BCUT2D eigenvalue weighted by Gasteiger charge is 2.29. The second kappa shape index (κ2) is 12.3. The Hall–Kier alpha value is -4.87. The molecule has 2 aliphatic rings. The van der Waals surface area contributed by atoms with Gasteiger partial charge in [0.05, 0.1) is 18.1 Å². The van der Waals surface area contributed by atoms with Crippen LogP contribution in [0.15, 0.2) is 73.3 Å². The Kier molecular flexibility index (Phi) is 7.86. The molecule has 2 aromatic heterocycles. The number of ether oxygens (including phenoxy) is 4. The van der Waals surface area contributed by atoms with E-state index in [1.807, 2.05) is 30.3 Å². The van der Waals surface area contributed by atoms with Gasteiger partial charge in [-0.2, -0.15) is 4.57 Å². The molecular weight excluding hydrogens is 598 g/mol. The van der Waals surface area contributed by atoms with E-state index < -0.39 is 4.92 Å². The van der Waals surface area contributed by atoms with Crippen LogP contribution < -0.4 is 23.5 Å². The van der Waals surface area contributed by atoms with Gasteiger partial charge in [0.25, 0.3) is 0 Å². The summed E-state index contributed by atoms with van der Waals surface area (Å²) in [7, 11) is 1.65. The number of benzene rings is 3. The first-order valence-electron chi connectivity index (χ1n) is 14.7.